The van der Waals surface area contributed by atoms with Crippen LogP contribution in [0.2, 0.25) is 0 Å². The summed E-state index contributed by atoms with van der Waals surface area (Å²) < 4.78 is 11.4. The number of rotatable bonds is 10. The number of aliphatic hydroxyl groups is 4. The number of Topliss-reactive ketones (excluding diaryl/α,β-unsaturated/α-hetero) is 4. The molecule has 1 aliphatic heterocycles. The van der Waals surface area contributed by atoms with E-state index < -0.39 is 58.4 Å². The van der Waals surface area contributed by atoms with Crippen molar-refractivity contribution in [1.82, 2.24) is 15.2 Å². The maximum Gasteiger partial charge on any atom is 0.242 e. The molecule has 1 aromatic carbocycles. The van der Waals surface area contributed by atoms with Gasteiger partial charge in [0.2, 0.25) is 23.4 Å². The van der Waals surface area contributed by atoms with Crippen molar-refractivity contribution in [3.63, 3.8) is 0 Å². The Bertz CT molecular complexity index is 1560. The molecule has 0 spiro atoms. The molecule has 228 valence electrons. The first-order valence-corrected chi connectivity index (χ1v) is 13.4. The molecule has 0 aliphatic carbocycles. The Balaban J connectivity index is 1.77. The molecule has 5 N–H and O–H groups in total. The number of hydrogen-bond donors (Lipinski definition) is 5. The number of carbonyl (C=O) groups excluding carboxylic acids is 4. The third kappa shape index (κ3) is 4.98. The summed E-state index contributed by atoms with van der Waals surface area (Å²) in [7, 11) is 0. The van der Waals surface area contributed by atoms with Crippen LogP contribution in [0.1, 0.15) is 44.5 Å². The number of aromatic nitrogens is 3. The summed E-state index contributed by atoms with van der Waals surface area (Å²) in [6.45, 7) is 4.85. The molecule has 4 rings (SSSR count). The number of ether oxygens (including phenoxy) is 2. The van der Waals surface area contributed by atoms with E-state index in [0.29, 0.717) is 11.3 Å². The number of carbonyl (C=O) groups is 4. The Hall–Kier alpha value is -4.14. The topological polar surface area (TPSA) is 209 Å². The number of hydrogen-bond acceptors (Lipinski definition) is 12. The van der Waals surface area contributed by atoms with Crippen molar-refractivity contribution in [2.24, 2.45) is 0 Å². The molecule has 1 aliphatic rings. The summed E-state index contributed by atoms with van der Waals surface area (Å²) in [4.78, 5) is 55.2. The van der Waals surface area contributed by atoms with Gasteiger partial charge in [0.1, 0.15) is 12.2 Å². The lowest BCUT2D eigenvalue weighted by Crippen LogP contribution is -2.87. The van der Waals surface area contributed by atoms with Crippen LogP contribution in [0.3, 0.4) is 0 Å². The third-order valence-corrected chi connectivity index (χ3v) is 7.96. The summed E-state index contributed by atoms with van der Waals surface area (Å²) in [6, 6.07) is 13.0. The average Bonchev–Trinajstić information content (AvgIpc) is 3.31. The molecule has 2 aromatic heterocycles. The molecule has 3 heterocycles. The van der Waals surface area contributed by atoms with E-state index in [-0.39, 0.29) is 12.3 Å². The van der Waals surface area contributed by atoms with E-state index in [1.54, 1.807) is 13.1 Å². The maximum atomic E-state index is 13.0. The second kappa shape index (κ2) is 11.5. The van der Waals surface area contributed by atoms with Gasteiger partial charge in [-0.15, -0.1) is 5.10 Å². The van der Waals surface area contributed by atoms with Gasteiger partial charge in [0.05, 0.1) is 5.69 Å². The van der Waals surface area contributed by atoms with Crippen molar-refractivity contribution in [3.8, 4) is 17.1 Å². The lowest BCUT2D eigenvalue weighted by Gasteiger charge is -2.57. The molecule has 3 aromatic rings. The van der Waals surface area contributed by atoms with Crippen molar-refractivity contribution in [2.45, 2.75) is 76.3 Å². The zero-order valence-corrected chi connectivity index (χ0v) is 24.2. The standard InChI is InChI=1S/C30H33N3O10/c1-15-22(14-20-9-11-21(12-10-20)23-8-6-7-13-31-23)26(33-32-15)43-27-29(40,18(4)36)30(41,19(5)37)28(39,17(3)35)25(42-27)24(38)16(2)34/h6-13,24-25,27,38-41H,14H2,1-5H3,(H,32,33)/t24?,25-,27+,28-,29+,30+/m1/s1. The van der Waals surface area contributed by atoms with Crippen LogP contribution in [-0.2, 0) is 30.3 Å². The van der Waals surface area contributed by atoms with Gasteiger partial charge in [-0.05, 0) is 52.3 Å². The number of benzene rings is 1. The summed E-state index contributed by atoms with van der Waals surface area (Å²) in [6.07, 6.45) is -5.03. The Morgan fingerprint density at radius 2 is 1.58 bits per heavy atom. The number of ketones is 4. The number of H-pyrrole nitrogens is 1. The number of pyridine rings is 1. The smallest absolute Gasteiger partial charge is 0.242 e. The fraction of sp³-hybridized carbons (Fsp3) is 0.400. The molecule has 13 nitrogen and oxygen atoms in total. The monoisotopic (exact) mass is 595 g/mol. The molecule has 0 saturated carbocycles. The minimum absolute atomic E-state index is 0.216. The zero-order chi connectivity index (χ0) is 31.9. The fourth-order valence-corrected chi connectivity index (χ4v) is 5.41. The van der Waals surface area contributed by atoms with Crippen LogP contribution in [0.5, 0.6) is 5.88 Å². The molecular formula is C30H33N3O10. The lowest BCUT2D eigenvalue weighted by molar-refractivity contribution is -0.358. The molecule has 1 unspecified atom stereocenters. The molecular weight excluding hydrogens is 562 g/mol. The van der Waals surface area contributed by atoms with Crippen LogP contribution in [-0.4, -0.2) is 94.0 Å². The van der Waals surface area contributed by atoms with Gasteiger partial charge in [-0.25, -0.2) is 0 Å². The number of aromatic amines is 1. The zero-order valence-electron chi connectivity index (χ0n) is 24.2. The van der Waals surface area contributed by atoms with Gasteiger partial charge in [-0.1, -0.05) is 30.3 Å². The molecule has 0 radical (unpaired) electrons. The summed E-state index contributed by atoms with van der Waals surface area (Å²) in [5.74, 6) is -5.32. The van der Waals surface area contributed by atoms with E-state index in [2.05, 4.69) is 15.2 Å². The van der Waals surface area contributed by atoms with Gasteiger partial charge in [-0.2, -0.15) is 0 Å². The quantitative estimate of drug-likeness (QED) is 0.216. The van der Waals surface area contributed by atoms with Gasteiger partial charge < -0.3 is 29.9 Å². The Labute approximate surface area is 246 Å². The Kier molecular flexibility index (Phi) is 8.51. The average molecular weight is 596 g/mol. The van der Waals surface area contributed by atoms with Crippen LogP contribution in [0.4, 0.5) is 0 Å². The van der Waals surface area contributed by atoms with Gasteiger partial charge in [0.15, 0.2) is 28.7 Å². The minimum Gasteiger partial charge on any atom is -0.443 e. The van der Waals surface area contributed by atoms with Gasteiger partial charge in [0.25, 0.3) is 0 Å². The fourth-order valence-electron chi connectivity index (χ4n) is 5.41. The highest BCUT2D eigenvalue weighted by Crippen LogP contribution is 2.48. The number of aryl methyl sites for hydroxylation is 1. The predicted molar refractivity (Wildman–Crippen MR) is 149 cm³/mol. The Morgan fingerprint density at radius 3 is 2.09 bits per heavy atom. The van der Waals surface area contributed by atoms with Gasteiger partial charge >= 0.3 is 0 Å². The van der Waals surface area contributed by atoms with E-state index in [0.717, 1.165) is 44.5 Å². The van der Waals surface area contributed by atoms with E-state index in [1.807, 2.05) is 42.5 Å². The van der Waals surface area contributed by atoms with E-state index in [4.69, 9.17) is 9.47 Å². The van der Waals surface area contributed by atoms with Crippen LogP contribution < -0.4 is 4.74 Å². The van der Waals surface area contributed by atoms with Crippen LogP contribution in [0.15, 0.2) is 48.7 Å². The predicted octanol–water partition coefficient (Wildman–Crippen LogP) is 0.385. The summed E-state index contributed by atoms with van der Waals surface area (Å²) >= 11 is 0. The largest absolute Gasteiger partial charge is 0.443 e. The first-order chi connectivity index (χ1) is 20.1. The first-order valence-electron chi connectivity index (χ1n) is 13.4. The van der Waals surface area contributed by atoms with Gasteiger partial charge in [-0.3, -0.25) is 29.3 Å². The first kappa shape index (κ1) is 31.8. The Morgan fingerprint density at radius 1 is 0.953 bits per heavy atom. The van der Waals surface area contributed by atoms with Crippen LogP contribution in [0, 0.1) is 6.92 Å². The molecule has 43 heavy (non-hydrogen) atoms. The van der Waals surface area contributed by atoms with Crippen molar-refractivity contribution in [3.05, 3.63) is 65.5 Å². The molecule has 1 fully saturated rings. The van der Waals surface area contributed by atoms with Crippen molar-refractivity contribution >= 4 is 23.1 Å². The molecule has 1 saturated heterocycles. The lowest BCUT2D eigenvalue weighted by atomic mass is 9.60. The molecule has 0 amide bonds. The van der Waals surface area contributed by atoms with Crippen molar-refractivity contribution < 1.29 is 49.1 Å². The number of nitrogens with one attached hydrogen (secondary N) is 1. The minimum atomic E-state index is -3.62. The number of nitrogens with zero attached hydrogens (tertiary/aromatic N) is 2. The van der Waals surface area contributed by atoms with Crippen molar-refractivity contribution in [2.75, 3.05) is 0 Å². The van der Waals surface area contributed by atoms with E-state index >= 15 is 0 Å². The highest BCUT2D eigenvalue weighted by molar-refractivity contribution is 6.05. The molecule has 13 heteroatoms. The molecule has 0 bridgehead atoms. The highest BCUT2D eigenvalue weighted by atomic mass is 16.7. The highest BCUT2D eigenvalue weighted by Gasteiger charge is 2.80. The second-order valence-electron chi connectivity index (χ2n) is 10.7. The second-order valence-corrected chi connectivity index (χ2v) is 10.7. The molecule has 6 atom stereocenters. The van der Waals surface area contributed by atoms with Gasteiger partial charge in [0, 0.05) is 29.4 Å². The van der Waals surface area contributed by atoms with E-state index in [9.17, 15) is 39.6 Å². The normalized spacial score (nSPS) is 27.7. The number of aliphatic hydroxyl groups excluding tert-OH is 1. The maximum absolute atomic E-state index is 13.0. The van der Waals surface area contributed by atoms with Crippen LogP contribution in [0.25, 0.3) is 11.3 Å². The third-order valence-electron chi connectivity index (χ3n) is 7.96. The van der Waals surface area contributed by atoms with E-state index in [1.165, 1.54) is 0 Å². The SMILES string of the molecule is CC(=O)C(O)[C@H]1O[C@@H](Oc2n[nH]c(C)c2Cc2ccc(-c3ccccn3)cc2)[C@@](O)(C(C)=O)[C@](O)(C(C)=O)[C@@]1(O)C(C)=O. The van der Waals surface area contributed by atoms with Crippen molar-refractivity contribution in [1.29, 1.82) is 0 Å². The summed E-state index contributed by atoms with van der Waals surface area (Å²) in [5, 5.41) is 52.4. The summed E-state index contributed by atoms with van der Waals surface area (Å²) in [5.41, 5.74) is -7.05. The van der Waals surface area contributed by atoms with Crippen LogP contribution >= 0.6 is 0 Å².